The predicted molar refractivity (Wildman–Crippen MR) is 90.1 cm³/mol. The van der Waals surface area contributed by atoms with Gasteiger partial charge in [0.1, 0.15) is 0 Å². The van der Waals surface area contributed by atoms with Crippen molar-refractivity contribution in [2.24, 2.45) is 0 Å². The summed E-state index contributed by atoms with van der Waals surface area (Å²) in [5.74, 6) is 0.496. The summed E-state index contributed by atoms with van der Waals surface area (Å²) in [6.45, 7) is -0.0135. The summed E-state index contributed by atoms with van der Waals surface area (Å²) in [5, 5.41) is 4.53. The largest absolute Gasteiger partial charge is 0.453 e. The van der Waals surface area contributed by atoms with Gasteiger partial charge in [0.25, 0.3) is 0 Å². The molecule has 0 amide bonds. The van der Waals surface area contributed by atoms with E-state index in [4.69, 9.17) is 20.8 Å². The lowest BCUT2D eigenvalue weighted by Gasteiger charge is -1.98. The van der Waals surface area contributed by atoms with Gasteiger partial charge in [-0.05, 0) is 52.7 Å². The van der Waals surface area contributed by atoms with E-state index in [-0.39, 0.29) is 6.61 Å². The minimum atomic E-state index is -0.442. The number of nitrogens with zero attached hydrogens (tertiary/aromatic N) is 1. The second kappa shape index (κ2) is 7.26. The molecule has 0 N–H and O–H groups in total. The Hall–Kier alpha value is -2.37. The highest BCUT2D eigenvalue weighted by atomic mass is 35.5. The fraction of sp³-hybridized carbons (Fsp3) is 0.0588. The summed E-state index contributed by atoms with van der Waals surface area (Å²) in [4.78, 5) is 15.7. The molecule has 0 aliphatic rings. The third-order valence-electron chi connectivity index (χ3n) is 2.98. The number of carbonyl (C=O) groups excluding carboxylic acids is 1. The lowest BCUT2D eigenvalue weighted by atomic mass is 10.2. The maximum absolute atomic E-state index is 11.6. The Morgan fingerprint density at radius 3 is 2.87 bits per heavy atom. The van der Waals surface area contributed by atoms with Gasteiger partial charge in [-0.25, -0.2) is 9.78 Å². The summed E-state index contributed by atoms with van der Waals surface area (Å²) in [6.07, 6.45) is 4.67. The highest BCUT2D eigenvalue weighted by Crippen LogP contribution is 2.22. The number of halogens is 1. The molecule has 0 saturated heterocycles. The van der Waals surface area contributed by atoms with E-state index >= 15 is 0 Å². The molecule has 23 heavy (non-hydrogen) atoms. The van der Waals surface area contributed by atoms with E-state index in [1.165, 1.54) is 6.08 Å². The lowest BCUT2D eigenvalue weighted by Crippen LogP contribution is -2.00. The van der Waals surface area contributed by atoms with Gasteiger partial charge in [0.2, 0.25) is 5.89 Å². The second-order valence-corrected chi connectivity index (χ2v) is 5.84. The molecule has 0 bridgehead atoms. The molecule has 0 spiro atoms. The highest BCUT2D eigenvalue weighted by Gasteiger charge is 2.08. The van der Waals surface area contributed by atoms with Gasteiger partial charge in [-0.15, -0.1) is 0 Å². The third kappa shape index (κ3) is 4.31. The van der Waals surface area contributed by atoms with Gasteiger partial charge in [0.15, 0.2) is 12.4 Å². The molecule has 0 aliphatic heterocycles. The van der Waals surface area contributed by atoms with Crippen molar-refractivity contribution in [3.63, 3.8) is 0 Å². The molecule has 4 nitrogen and oxygen atoms in total. The smallest absolute Gasteiger partial charge is 0.331 e. The molecule has 116 valence electrons. The van der Waals surface area contributed by atoms with Gasteiger partial charge in [-0.3, -0.25) is 0 Å². The Bertz CT molecular complexity index is 807. The van der Waals surface area contributed by atoms with Gasteiger partial charge >= 0.3 is 5.97 Å². The maximum Gasteiger partial charge on any atom is 0.331 e. The van der Waals surface area contributed by atoms with Crippen molar-refractivity contribution in [1.82, 2.24) is 4.98 Å². The summed E-state index contributed by atoms with van der Waals surface area (Å²) >= 11 is 7.41. The summed E-state index contributed by atoms with van der Waals surface area (Å²) < 4.78 is 10.7. The minimum absolute atomic E-state index is 0.0135. The van der Waals surface area contributed by atoms with Crippen molar-refractivity contribution in [3.8, 4) is 11.3 Å². The van der Waals surface area contributed by atoms with E-state index in [1.807, 2.05) is 29.0 Å². The van der Waals surface area contributed by atoms with Crippen molar-refractivity contribution in [3.05, 3.63) is 69.8 Å². The average Bonchev–Trinajstić information content (AvgIpc) is 3.23. The van der Waals surface area contributed by atoms with Crippen molar-refractivity contribution in [2.75, 3.05) is 0 Å². The van der Waals surface area contributed by atoms with E-state index < -0.39 is 5.97 Å². The first-order valence-electron chi connectivity index (χ1n) is 6.78. The Labute approximate surface area is 142 Å². The third-order valence-corrected chi connectivity index (χ3v) is 3.93. The van der Waals surface area contributed by atoms with Crippen LogP contribution in [0.5, 0.6) is 0 Å². The van der Waals surface area contributed by atoms with Crippen molar-refractivity contribution >= 4 is 35.0 Å². The Balaban J connectivity index is 1.57. The molecule has 0 fully saturated rings. The fourth-order valence-corrected chi connectivity index (χ4v) is 2.59. The number of esters is 1. The zero-order valence-electron chi connectivity index (χ0n) is 11.9. The molecule has 6 heteroatoms. The van der Waals surface area contributed by atoms with Crippen LogP contribution in [0, 0.1) is 0 Å². The molecule has 2 heterocycles. The second-order valence-electron chi connectivity index (χ2n) is 4.62. The zero-order chi connectivity index (χ0) is 16.1. The number of benzene rings is 1. The van der Waals surface area contributed by atoms with Gasteiger partial charge in [0, 0.05) is 16.7 Å². The van der Waals surface area contributed by atoms with Crippen LogP contribution in [0.15, 0.2) is 57.8 Å². The highest BCUT2D eigenvalue weighted by molar-refractivity contribution is 7.08. The number of ether oxygens (including phenoxy) is 1. The summed E-state index contributed by atoms with van der Waals surface area (Å²) in [7, 11) is 0. The van der Waals surface area contributed by atoms with Crippen molar-refractivity contribution in [1.29, 1.82) is 0 Å². The SMILES string of the molecule is O=C(/C=C/c1ccsc1)OCc1ncc(-c2ccc(Cl)cc2)o1. The molecule has 0 aliphatic carbocycles. The van der Waals surface area contributed by atoms with Gasteiger partial charge < -0.3 is 9.15 Å². The molecule has 3 aromatic rings. The minimum Gasteiger partial charge on any atom is -0.453 e. The maximum atomic E-state index is 11.6. The van der Waals surface area contributed by atoms with E-state index in [0.717, 1.165) is 11.1 Å². The van der Waals surface area contributed by atoms with Gasteiger partial charge in [-0.2, -0.15) is 11.3 Å². The molecule has 0 radical (unpaired) electrons. The van der Waals surface area contributed by atoms with E-state index in [1.54, 1.807) is 35.7 Å². The number of rotatable bonds is 5. The normalized spacial score (nSPS) is 11.0. The quantitative estimate of drug-likeness (QED) is 0.491. The molecule has 3 rings (SSSR count). The van der Waals surface area contributed by atoms with E-state index in [2.05, 4.69) is 4.98 Å². The summed E-state index contributed by atoms with van der Waals surface area (Å²) in [6, 6.07) is 9.13. The monoisotopic (exact) mass is 345 g/mol. The fourth-order valence-electron chi connectivity index (χ4n) is 1.84. The zero-order valence-corrected chi connectivity index (χ0v) is 13.5. The van der Waals surface area contributed by atoms with E-state index in [9.17, 15) is 4.79 Å². The Morgan fingerprint density at radius 2 is 2.13 bits per heavy atom. The van der Waals surface area contributed by atoms with Crippen molar-refractivity contribution < 1.29 is 13.9 Å². The van der Waals surface area contributed by atoms with Crippen molar-refractivity contribution in [2.45, 2.75) is 6.61 Å². The molecule has 2 aromatic heterocycles. The van der Waals surface area contributed by atoms with Crippen LogP contribution in [-0.4, -0.2) is 11.0 Å². The topological polar surface area (TPSA) is 52.3 Å². The molecular formula is C17H12ClNO3S. The number of aromatic nitrogens is 1. The van der Waals surface area contributed by atoms with Crippen LogP contribution >= 0.6 is 22.9 Å². The lowest BCUT2D eigenvalue weighted by molar-refractivity contribution is -0.139. The number of hydrogen-bond donors (Lipinski definition) is 0. The number of thiophene rings is 1. The van der Waals surface area contributed by atoms with Crippen LogP contribution in [0.1, 0.15) is 11.5 Å². The van der Waals surface area contributed by atoms with Gasteiger partial charge in [-0.1, -0.05) is 11.6 Å². The van der Waals surface area contributed by atoms with Crippen LogP contribution in [0.4, 0.5) is 0 Å². The summed E-state index contributed by atoms with van der Waals surface area (Å²) in [5.41, 5.74) is 1.82. The number of hydrogen-bond acceptors (Lipinski definition) is 5. The average molecular weight is 346 g/mol. The molecule has 0 atom stereocenters. The van der Waals surface area contributed by atoms with Gasteiger partial charge in [0.05, 0.1) is 6.20 Å². The van der Waals surface area contributed by atoms with Crippen LogP contribution < -0.4 is 0 Å². The van der Waals surface area contributed by atoms with Crippen LogP contribution in [-0.2, 0) is 16.1 Å². The Kier molecular flexibility index (Phi) is 4.90. The van der Waals surface area contributed by atoms with Crippen LogP contribution in [0.3, 0.4) is 0 Å². The number of carbonyl (C=O) groups is 1. The Morgan fingerprint density at radius 1 is 1.30 bits per heavy atom. The standard InChI is InChI=1S/C17H12ClNO3S/c18-14-4-2-13(3-5-14)15-9-19-16(22-15)10-21-17(20)6-1-12-7-8-23-11-12/h1-9,11H,10H2/b6-1+. The first kappa shape index (κ1) is 15.5. The molecule has 0 saturated carbocycles. The first-order valence-corrected chi connectivity index (χ1v) is 8.10. The van der Waals surface area contributed by atoms with Crippen LogP contribution in [0.25, 0.3) is 17.4 Å². The molecule has 0 unspecified atom stereocenters. The molecule has 1 aromatic carbocycles. The first-order chi connectivity index (χ1) is 11.2. The predicted octanol–water partition coefficient (Wildman–Crippen LogP) is 4.81. The van der Waals surface area contributed by atoms with Crippen LogP contribution in [0.2, 0.25) is 5.02 Å². The number of oxazole rings is 1. The molecular weight excluding hydrogens is 334 g/mol. The van der Waals surface area contributed by atoms with E-state index in [0.29, 0.717) is 16.7 Å².